The number of nitrogens with zero attached hydrogens (tertiary/aromatic N) is 2. The Morgan fingerprint density at radius 2 is 2.04 bits per heavy atom. The first kappa shape index (κ1) is 16.1. The van der Waals surface area contributed by atoms with Gasteiger partial charge in [0.2, 0.25) is 0 Å². The van der Waals surface area contributed by atoms with E-state index in [1.807, 2.05) is 0 Å². The fraction of sp³-hybridized carbons (Fsp3) is 0.294. The number of ether oxygens (including phenoxy) is 2. The smallest absolute Gasteiger partial charge is 0.322 e. The standard InChI is InChI=1S/C17H19N3O4/c1-23-14-5-6-15(24-2)16-12(14)9-20(10-13(16)21)17(22)19-11-4-3-7-18-8-11/h3-8,13,21H,9-10H2,1-2H3,(H,19,22). The Bertz CT molecular complexity index is 736. The second kappa shape index (κ2) is 6.76. The predicted octanol–water partition coefficient (Wildman–Crippen LogP) is 2.18. The highest BCUT2D eigenvalue weighted by atomic mass is 16.5. The summed E-state index contributed by atoms with van der Waals surface area (Å²) >= 11 is 0. The molecule has 0 saturated carbocycles. The summed E-state index contributed by atoms with van der Waals surface area (Å²) in [6.45, 7) is 0.488. The number of hydrogen-bond donors (Lipinski definition) is 2. The third kappa shape index (κ3) is 2.98. The summed E-state index contributed by atoms with van der Waals surface area (Å²) in [5.41, 5.74) is 2.01. The maximum absolute atomic E-state index is 12.5. The van der Waals surface area contributed by atoms with Crippen LogP contribution in [0.5, 0.6) is 11.5 Å². The lowest BCUT2D eigenvalue weighted by molar-refractivity contribution is 0.105. The molecule has 0 bridgehead atoms. The van der Waals surface area contributed by atoms with Crippen LogP contribution in [-0.2, 0) is 6.54 Å². The number of aliphatic hydroxyl groups excluding tert-OH is 1. The second-order valence-corrected chi connectivity index (χ2v) is 5.43. The number of anilines is 1. The van der Waals surface area contributed by atoms with Gasteiger partial charge in [0.1, 0.15) is 17.6 Å². The van der Waals surface area contributed by atoms with Crippen LogP contribution in [0.25, 0.3) is 0 Å². The van der Waals surface area contributed by atoms with E-state index in [0.29, 0.717) is 29.3 Å². The van der Waals surface area contributed by atoms with E-state index >= 15 is 0 Å². The summed E-state index contributed by atoms with van der Waals surface area (Å²) in [4.78, 5) is 18.0. The van der Waals surface area contributed by atoms with Crippen molar-refractivity contribution in [2.75, 3.05) is 26.1 Å². The van der Waals surface area contributed by atoms with E-state index in [2.05, 4.69) is 10.3 Å². The van der Waals surface area contributed by atoms with E-state index in [1.54, 1.807) is 50.9 Å². The largest absolute Gasteiger partial charge is 0.496 e. The molecular weight excluding hydrogens is 310 g/mol. The van der Waals surface area contributed by atoms with Gasteiger partial charge in [-0.05, 0) is 24.3 Å². The zero-order valence-electron chi connectivity index (χ0n) is 13.5. The summed E-state index contributed by atoms with van der Waals surface area (Å²) in [5, 5.41) is 13.3. The van der Waals surface area contributed by atoms with Crippen molar-refractivity contribution < 1.29 is 19.4 Å². The molecule has 1 aromatic carbocycles. The number of carbonyl (C=O) groups excluding carboxylic acids is 1. The van der Waals surface area contributed by atoms with E-state index in [4.69, 9.17) is 9.47 Å². The monoisotopic (exact) mass is 329 g/mol. The number of methoxy groups -OCH3 is 2. The van der Waals surface area contributed by atoms with Gasteiger partial charge in [0, 0.05) is 17.3 Å². The van der Waals surface area contributed by atoms with Crippen molar-refractivity contribution in [3.8, 4) is 11.5 Å². The number of hydrogen-bond acceptors (Lipinski definition) is 5. The number of fused-ring (bicyclic) bond motifs is 1. The van der Waals surface area contributed by atoms with Crippen molar-refractivity contribution in [3.05, 3.63) is 47.8 Å². The van der Waals surface area contributed by atoms with Crippen LogP contribution < -0.4 is 14.8 Å². The number of urea groups is 1. The average Bonchev–Trinajstić information content (AvgIpc) is 2.61. The van der Waals surface area contributed by atoms with Gasteiger partial charge in [-0.1, -0.05) is 0 Å². The van der Waals surface area contributed by atoms with Gasteiger partial charge in [0.05, 0.1) is 39.2 Å². The number of rotatable bonds is 3. The summed E-state index contributed by atoms with van der Waals surface area (Å²) in [6, 6.07) is 6.71. The molecular formula is C17H19N3O4. The van der Waals surface area contributed by atoms with Gasteiger partial charge in [0.25, 0.3) is 0 Å². The molecule has 2 aromatic rings. The molecule has 2 amide bonds. The van der Waals surface area contributed by atoms with E-state index in [-0.39, 0.29) is 12.6 Å². The lowest BCUT2D eigenvalue weighted by Gasteiger charge is -2.33. The van der Waals surface area contributed by atoms with Gasteiger partial charge in [-0.2, -0.15) is 0 Å². The predicted molar refractivity (Wildman–Crippen MR) is 88.2 cm³/mol. The molecule has 24 heavy (non-hydrogen) atoms. The Hall–Kier alpha value is -2.80. The van der Waals surface area contributed by atoms with Crippen LogP contribution in [0.4, 0.5) is 10.5 Å². The second-order valence-electron chi connectivity index (χ2n) is 5.43. The Morgan fingerprint density at radius 1 is 1.29 bits per heavy atom. The molecule has 1 aliphatic heterocycles. The van der Waals surface area contributed by atoms with Crippen LogP contribution in [-0.4, -0.2) is 41.8 Å². The molecule has 126 valence electrons. The Morgan fingerprint density at radius 3 is 2.71 bits per heavy atom. The molecule has 0 radical (unpaired) electrons. The molecule has 2 N–H and O–H groups in total. The van der Waals surface area contributed by atoms with Gasteiger partial charge in [-0.3, -0.25) is 4.98 Å². The van der Waals surface area contributed by atoms with Crippen molar-refractivity contribution in [3.63, 3.8) is 0 Å². The fourth-order valence-electron chi connectivity index (χ4n) is 2.87. The number of carbonyl (C=O) groups is 1. The van der Waals surface area contributed by atoms with Crippen molar-refractivity contribution in [1.82, 2.24) is 9.88 Å². The molecule has 0 fully saturated rings. The molecule has 1 aliphatic rings. The number of nitrogens with one attached hydrogen (secondary N) is 1. The van der Waals surface area contributed by atoms with Crippen LogP contribution in [0.15, 0.2) is 36.7 Å². The van der Waals surface area contributed by atoms with E-state index in [0.717, 1.165) is 5.56 Å². The minimum absolute atomic E-state index is 0.169. The SMILES string of the molecule is COc1ccc(OC)c2c1CN(C(=O)Nc1cccnc1)CC2O. The highest BCUT2D eigenvalue weighted by Crippen LogP contribution is 2.39. The first-order chi connectivity index (χ1) is 11.6. The third-order valence-electron chi connectivity index (χ3n) is 3.99. The van der Waals surface area contributed by atoms with E-state index in [9.17, 15) is 9.90 Å². The molecule has 0 saturated heterocycles. The lowest BCUT2D eigenvalue weighted by atomic mass is 9.95. The van der Waals surface area contributed by atoms with E-state index < -0.39 is 6.10 Å². The zero-order chi connectivity index (χ0) is 17.1. The van der Waals surface area contributed by atoms with Gasteiger partial charge < -0.3 is 24.8 Å². The number of aliphatic hydroxyl groups is 1. The Labute approximate surface area is 139 Å². The Balaban J connectivity index is 1.87. The maximum Gasteiger partial charge on any atom is 0.322 e. The summed E-state index contributed by atoms with van der Waals surface area (Å²) in [6.07, 6.45) is 2.35. The van der Waals surface area contributed by atoms with Crippen LogP contribution in [0.2, 0.25) is 0 Å². The topological polar surface area (TPSA) is 83.9 Å². The zero-order valence-corrected chi connectivity index (χ0v) is 13.5. The first-order valence-corrected chi connectivity index (χ1v) is 7.51. The minimum atomic E-state index is -0.849. The molecule has 1 aromatic heterocycles. The van der Waals surface area contributed by atoms with Crippen molar-refractivity contribution in [2.24, 2.45) is 0 Å². The number of pyridine rings is 1. The fourth-order valence-corrected chi connectivity index (χ4v) is 2.87. The van der Waals surface area contributed by atoms with Crippen LogP contribution in [0.3, 0.4) is 0 Å². The number of benzene rings is 1. The van der Waals surface area contributed by atoms with Crippen molar-refractivity contribution in [1.29, 1.82) is 0 Å². The van der Waals surface area contributed by atoms with Gasteiger partial charge in [-0.15, -0.1) is 0 Å². The summed E-state index contributed by atoms with van der Waals surface area (Å²) in [5.74, 6) is 1.20. The molecule has 0 aliphatic carbocycles. The number of amides is 2. The summed E-state index contributed by atoms with van der Waals surface area (Å²) in [7, 11) is 3.11. The van der Waals surface area contributed by atoms with Crippen LogP contribution in [0, 0.1) is 0 Å². The normalized spacial score (nSPS) is 16.3. The third-order valence-corrected chi connectivity index (χ3v) is 3.99. The van der Waals surface area contributed by atoms with Crippen molar-refractivity contribution in [2.45, 2.75) is 12.6 Å². The number of aromatic nitrogens is 1. The minimum Gasteiger partial charge on any atom is -0.496 e. The summed E-state index contributed by atoms with van der Waals surface area (Å²) < 4.78 is 10.7. The molecule has 0 spiro atoms. The van der Waals surface area contributed by atoms with Crippen LogP contribution in [0.1, 0.15) is 17.2 Å². The quantitative estimate of drug-likeness (QED) is 0.902. The van der Waals surface area contributed by atoms with E-state index in [1.165, 1.54) is 4.90 Å². The number of β-amino-alcohol motifs (C(OH)–C–C–N with tert-alkyl or cyclic N) is 1. The molecule has 7 heteroatoms. The average molecular weight is 329 g/mol. The highest BCUT2D eigenvalue weighted by Gasteiger charge is 2.31. The molecule has 1 unspecified atom stereocenters. The lowest BCUT2D eigenvalue weighted by Crippen LogP contribution is -2.41. The van der Waals surface area contributed by atoms with Gasteiger partial charge in [0.15, 0.2) is 0 Å². The molecule has 2 heterocycles. The van der Waals surface area contributed by atoms with Gasteiger partial charge >= 0.3 is 6.03 Å². The molecule has 7 nitrogen and oxygen atoms in total. The Kier molecular flexibility index (Phi) is 4.52. The molecule has 1 atom stereocenters. The van der Waals surface area contributed by atoms with Crippen molar-refractivity contribution >= 4 is 11.7 Å². The highest BCUT2D eigenvalue weighted by molar-refractivity contribution is 5.89. The first-order valence-electron chi connectivity index (χ1n) is 7.51. The van der Waals surface area contributed by atoms with Crippen LogP contribution >= 0.6 is 0 Å². The van der Waals surface area contributed by atoms with Gasteiger partial charge in [-0.25, -0.2) is 4.79 Å². The molecule has 3 rings (SSSR count). The maximum atomic E-state index is 12.5.